The Morgan fingerprint density at radius 1 is 1.58 bits per heavy atom. The molecule has 0 spiro atoms. The van der Waals surface area contributed by atoms with E-state index in [0.717, 1.165) is 4.57 Å². The number of aromatic hydroxyl groups is 1. The number of carbonyl (C=O) groups is 1. The number of esters is 1. The maximum Gasteiger partial charge on any atom is 0.347 e. The molecule has 1 aromatic carbocycles. The quantitative estimate of drug-likeness (QED) is 0.857. The minimum absolute atomic E-state index is 0.00619. The second-order valence-corrected chi connectivity index (χ2v) is 4.10. The molecule has 1 N–H and O–H groups in total. The average molecular weight is 285 g/mol. The lowest BCUT2D eigenvalue weighted by Gasteiger charge is -2.11. The van der Waals surface area contributed by atoms with E-state index in [-0.39, 0.29) is 22.5 Å². The molecule has 0 fully saturated rings. The smallest absolute Gasteiger partial charge is 0.347 e. The molecule has 19 heavy (non-hydrogen) atoms. The van der Waals surface area contributed by atoms with E-state index < -0.39 is 41.0 Å². The normalized spacial score (nSPS) is 12.9. The summed E-state index contributed by atoms with van der Waals surface area (Å²) < 4.78 is 28.9. The fraction of sp³-hybridized carbons (Fsp3) is 0.231. The summed E-state index contributed by atoms with van der Waals surface area (Å²) >= 11 is 5.97. The van der Waals surface area contributed by atoms with E-state index in [2.05, 4.69) is 0 Å². The Hall–Kier alpha value is -2.01. The number of fused-ring (bicyclic) bond motifs is 1. The van der Waals surface area contributed by atoms with Gasteiger partial charge in [-0.1, -0.05) is 17.6 Å². The van der Waals surface area contributed by atoms with Gasteiger partial charge in [-0.25, -0.2) is 4.79 Å². The zero-order chi connectivity index (χ0) is 16.8. The lowest BCUT2D eigenvalue weighted by atomic mass is 10.1. The van der Waals surface area contributed by atoms with Crippen molar-refractivity contribution in [2.24, 2.45) is 7.05 Å². The number of hydrogen-bond donors (Lipinski definition) is 1. The van der Waals surface area contributed by atoms with Crippen LogP contribution in [0.3, 0.4) is 0 Å². The predicted molar refractivity (Wildman–Crippen MR) is 71.8 cm³/mol. The molecule has 0 atom stereocenters. The van der Waals surface area contributed by atoms with Crippen LogP contribution in [0.2, 0.25) is 5.02 Å². The Morgan fingerprint density at radius 2 is 2.26 bits per heavy atom. The zero-order valence-corrected chi connectivity index (χ0v) is 11.0. The highest BCUT2D eigenvalue weighted by Crippen LogP contribution is 2.32. The number of halogens is 1. The van der Waals surface area contributed by atoms with E-state index in [1.54, 1.807) is 6.92 Å². The van der Waals surface area contributed by atoms with Gasteiger partial charge in [-0.2, -0.15) is 0 Å². The standard InChI is InChI=1S/C13H12ClNO4/c1-3-19-13(18)10-11(16)9-7(14)5-4-6-8(9)15(2)12(10)17/h4-6,16H,3H2,1-2H3/i4D,5D,6D. The number of rotatable bonds is 2. The first-order chi connectivity index (χ1) is 10.2. The minimum Gasteiger partial charge on any atom is -0.506 e. The lowest BCUT2D eigenvalue weighted by Crippen LogP contribution is -2.26. The van der Waals surface area contributed by atoms with Crippen molar-refractivity contribution in [3.63, 3.8) is 0 Å². The molecule has 0 amide bonds. The molecular formula is C13H12ClNO4. The van der Waals surface area contributed by atoms with Crippen LogP contribution in [-0.4, -0.2) is 22.2 Å². The Labute approximate surface area is 118 Å². The largest absolute Gasteiger partial charge is 0.506 e. The molecule has 0 saturated carbocycles. The molecule has 0 bridgehead atoms. The summed E-state index contributed by atoms with van der Waals surface area (Å²) in [7, 11) is 1.28. The van der Waals surface area contributed by atoms with Gasteiger partial charge in [0, 0.05) is 7.05 Å². The van der Waals surface area contributed by atoms with Gasteiger partial charge in [0.25, 0.3) is 5.56 Å². The van der Waals surface area contributed by atoms with Gasteiger partial charge in [-0.15, -0.1) is 0 Å². The molecule has 100 valence electrons. The third-order valence-electron chi connectivity index (χ3n) is 2.62. The number of carbonyl (C=O) groups excluding carboxylic acids is 1. The van der Waals surface area contributed by atoms with Crippen LogP contribution in [0.4, 0.5) is 0 Å². The summed E-state index contributed by atoms with van der Waals surface area (Å²) in [6.45, 7) is 1.55. The molecule has 5 nitrogen and oxygen atoms in total. The van der Waals surface area contributed by atoms with E-state index in [1.807, 2.05) is 0 Å². The maximum absolute atomic E-state index is 12.2. The van der Waals surface area contributed by atoms with E-state index in [0.29, 0.717) is 0 Å². The van der Waals surface area contributed by atoms with Gasteiger partial charge < -0.3 is 14.4 Å². The van der Waals surface area contributed by atoms with Crippen molar-refractivity contribution >= 4 is 28.5 Å². The fourth-order valence-electron chi connectivity index (χ4n) is 1.72. The van der Waals surface area contributed by atoms with E-state index >= 15 is 0 Å². The van der Waals surface area contributed by atoms with Crippen LogP contribution in [-0.2, 0) is 11.8 Å². The monoisotopic (exact) mass is 284 g/mol. The summed E-state index contributed by atoms with van der Waals surface area (Å²) in [5.74, 6) is -1.77. The van der Waals surface area contributed by atoms with Crippen molar-refractivity contribution in [3.8, 4) is 5.75 Å². The molecule has 1 heterocycles. The van der Waals surface area contributed by atoms with Crippen molar-refractivity contribution in [1.29, 1.82) is 0 Å². The first kappa shape index (κ1) is 9.86. The molecular weight excluding hydrogens is 270 g/mol. The minimum atomic E-state index is -1.02. The third kappa shape index (κ3) is 2.06. The highest BCUT2D eigenvalue weighted by atomic mass is 35.5. The van der Waals surface area contributed by atoms with Gasteiger partial charge >= 0.3 is 5.97 Å². The molecule has 6 heteroatoms. The number of ether oxygens (including phenoxy) is 1. The number of hydrogen-bond acceptors (Lipinski definition) is 4. The highest BCUT2D eigenvalue weighted by molar-refractivity contribution is 6.36. The van der Waals surface area contributed by atoms with Crippen LogP contribution in [0.1, 0.15) is 21.4 Å². The number of benzene rings is 1. The molecule has 2 rings (SSSR count). The van der Waals surface area contributed by atoms with Crippen LogP contribution >= 0.6 is 11.6 Å². The van der Waals surface area contributed by atoms with Crippen LogP contribution in [0.15, 0.2) is 22.9 Å². The second kappa shape index (κ2) is 4.93. The number of nitrogens with zero attached hydrogens (tertiary/aromatic N) is 1. The lowest BCUT2D eigenvalue weighted by molar-refractivity contribution is 0.0520. The molecule has 0 aliphatic heterocycles. The maximum atomic E-state index is 12.2. The van der Waals surface area contributed by atoms with Gasteiger partial charge in [0.05, 0.1) is 26.6 Å². The topological polar surface area (TPSA) is 68.5 Å². The molecule has 0 saturated heterocycles. The van der Waals surface area contributed by atoms with Gasteiger partial charge in [-0.3, -0.25) is 4.79 Å². The molecule has 0 radical (unpaired) electrons. The first-order valence-electron chi connectivity index (χ1n) is 6.92. The molecule has 2 aromatic rings. The summed E-state index contributed by atoms with van der Waals surface area (Å²) in [5.41, 5.74) is -1.61. The average Bonchev–Trinajstić information content (AvgIpc) is 2.47. The van der Waals surface area contributed by atoms with Gasteiger partial charge in [-0.05, 0) is 19.0 Å². The van der Waals surface area contributed by atoms with Crippen molar-refractivity contribution < 1.29 is 18.8 Å². The van der Waals surface area contributed by atoms with Crippen LogP contribution in [0.5, 0.6) is 5.75 Å². The molecule has 1 aromatic heterocycles. The van der Waals surface area contributed by atoms with E-state index in [4.69, 9.17) is 20.5 Å². The summed E-state index contributed by atoms with van der Waals surface area (Å²) in [6.07, 6.45) is 0. The van der Waals surface area contributed by atoms with Gasteiger partial charge in [0.2, 0.25) is 0 Å². The molecule has 0 unspecified atom stereocenters. The van der Waals surface area contributed by atoms with Gasteiger partial charge in [0.1, 0.15) is 5.75 Å². The summed E-state index contributed by atoms with van der Waals surface area (Å²) in [5, 5.41) is 9.74. The zero-order valence-electron chi connectivity index (χ0n) is 13.2. The third-order valence-corrected chi connectivity index (χ3v) is 2.90. The number of aromatic nitrogens is 1. The fourth-order valence-corrected chi connectivity index (χ4v) is 1.95. The molecule has 0 aliphatic carbocycles. The van der Waals surface area contributed by atoms with E-state index in [9.17, 15) is 14.7 Å². The Balaban J connectivity index is 3.08. The summed E-state index contributed by atoms with van der Waals surface area (Å²) in [4.78, 5) is 24.1. The Morgan fingerprint density at radius 3 is 2.89 bits per heavy atom. The Bertz CT molecular complexity index is 863. The van der Waals surface area contributed by atoms with Gasteiger partial charge in [0.15, 0.2) is 5.56 Å². The number of aryl methyl sites for hydroxylation is 1. The Kier molecular flexibility index (Phi) is 2.56. The predicted octanol–water partition coefficient (Wildman–Crippen LogP) is 2.07. The van der Waals surface area contributed by atoms with Crippen molar-refractivity contribution in [1.82, 2.24) is 4.57 Å². The second-order valence-electron chi connectivity index (χ2n) is 3.72. The summed E-state index contributed by atoms with van der Waals surface area (Å²) in [6, 6.07) is -1.38. The highest BCUT2D eigenvalue weighted by Gasteiger charge is 2.23. The van der Waals surface area contributed by atoms with Crippen molar-refractivity contribution in [3.05, 3.63) is 39.1 Å². The van der Waals surface area contributed by atoms with Crippen LogP contribution < -0.4 is 5.56 Å². The SMILES string of the molecule is [2H]c1c([2H])c([2H])c2c(c(O)c(C(=O)OCC)c(=O)n2C)c1Cl. The van der Waals surface area contributed by atoms with E-state index in [1.165, 1.54) is 7.05 Å². The number of pyridine rings is 1. The first-order valence-corrected chi connectivity index (χ1v) is 5.79. The molecule has 0 aliphatic rings. The van der Waals surface area contributed by atoms with Crippen molar-refractivity contribution in [2.75, 3.05) is 6.61 Å². The van der Waals surface area contributed by atoms with Crippen LogP contribution in [0.25, 0.3) is 10.9 Å². The van der Waals surface area contributed by atoms with Crippen LogP contribution in [0, 0.1) is 0 Å². The van der Waals surface area contributed by atoms with Crippen molar-refractivity contribution in [2.45, 2.75) is 6.92 Å².